The number of aromatic nitrogens is 2. The monoisotopic (exact) mass is 295 g/mol. The van der Waals surface area contributed by atoms with Crippen molar-refractivity contribution >= 4 is 34.9 Å². The number of hydrogen-bond acceptors (Lipinski definition) is 6. The first kappa shape index (κ1) is 14.4. The van der Waals surface area contributed by atoms with Crippen LogP contribution in [-0.4, -0.2) is 34.0 Å². The second-order valence-corrected chi connectivity index (χ2v) is 4.65. The van der Waals surface area contributed by atoms with Gasteiger partial charge in [-0.2, -0.15) is 0 Å². The van der Waals surface area contributed by atoms with E-state index in [1.54, 1.807) is 12.3 Å². The van der Waals surface area contributed by atoms with E-state index >= 15 is 0 Å². The van der Waals surface area contributed by atoms with Crippen LogP contribution in [0, 0.1) is 10.1 Å². The average molecular weight is 296 g/mol. The lowest BCUT2D eigenvalue weighted by Gasteiger charge is -2.16. The number of hydrogen-bond donors (Lipinski definition) is 1. The molecule has 1 saturated heterocycles. The van der Waals surface area contributed by atoms with E-state index in [0.29, 0.717) is 11.0 Å². The first-order valence-electron chi connectivity index (χ1n) is 6.05. The van der Waals surface area contributed by atoms with Gasteiger partial charge >= 0.3 is 0 Å². The van der Waals surface area contributed by atoms with Crippen LogP contribution >= 0.6 is 12.4 Å². The van der Waals surface area contributed by atoms with E-state index in [0.717, 1.165) is 25.3 Å². The minimum absolute atomic E-state index is 0. The smallest absolute Gasteiger partial charge is 0.271 e. The van der Waals surface area contributed by atoms with Crippen LogP contribution in [0.3, 0.4) is 0 Å². The predicted octanol–water partition coefficient (Wildman–Crippen LogP) is 1.50. The first-order valence-corrected chi connectivity index (χ1v) is 6.05. The lowest BCUT2D eigenvalue weighted by molar-refractivity contribution is -0.384. The van der Waals surface area contributed by atoms with Gasteiger partial charge in [-0.15, -0.1) is 12.4 Å². The molecule has 7 nitrogen and oxygen atoms in total. The molecule has 1 aliphatic rings. The molecule has 8 heteroatoms. The van der Waals surface area contributed by atoms with Gasteiger partial charge in [0.2, 0.25) is 0 Å². The molecule has 106 valence electrons. The summed E-state index contributed by atoms with van der Waals surface area (Å²) in [6, 6.07) is 4.67. The molecule has 0 amide bonds. The highest BCUT2D eigenvalue weighted by molar-refractivity contribution is 5.85. The van der Waals surface area contributed by atoms with Crippen LogP contribution in [0.1, 0.15) is 6.42 Å². The molecule has 0 saturated carbocycles. The standard InChI is InChI=1S/C12H13N5O2.ClH/c13-8-3-4-16(7-8)12-6-14-11-5-9(17(18)19)1-2-10(11)15-12;/h1-2,5-6,8H,3-4,7,13H2;1H. The van der Waals surface area contributed by atoms with E-state index in [9.17, 15) is 10.1 Å². The Morgan fingerprint density at radius 2 is 2.20 bits per heavy atom. The Hall–Kier alpha value is -1.99. The van der Waals surface area contributed by atoms with Crippen LogP contribution in [0.25, 0.3) is 11.0 Å². The number of halogens is 1. The molecule has 0 aliphatic carbocycles. The minimum atomic E-state index is -0.436. The van der Waals surface area contributed by atoms with Crippen molar-refractivity contribution in [1.82, 2.24) is 9.97 Å². The minimum Gasteiger partial charge on any atom is -0.354 e. The van der Waals surface area contributed by atoms with Crippen LogP contribution < -0.4 is 10.6 Å². The van der Waals surface area contributed by atoms with Crippen molar-refractivity contribution < 1.29 is 4.92 Å². The Kier molecular flexibility index (Phi) is 4.01. The Morgan fingerprint density at radius 3 is 2.85 bits per heavy atom. The number of benzene rings is 1. The van der Waals surface area contributed by atoms with Gasteiger partial charge in [-0.3, -0.25) is 15.1 Å². The van der Waals surface area contributed by atoms with Crippen molar-refractivity contribution in [2.24, 2.45) is 5.73 Å². The van der Waals surface area contributed by atoms with Crippen molar-refractivity contribution in [2.75, 3.05) is 18.0 Å². The number of nitrogens with zero attached hydrogens (tertiary/aromatic N) is 4. The van der Waals surface area contributed by atoms with Crippen molar-refractivity contribution in [2.45, 2.75) is 12.5 Å². The van der Waals surface area contributed by atoms with Crippen LogP contribution in [-0.2, 0) is 0 Å². The molecule has 1 aromatic carbocycles. The maximum Gasteiger partial charge on any atom is 0.271 e. The Morgan fingerprint density at radius 1 is 1.40 bits per heavy atom. The molecule has 20 heavy (non-hydrogen) atoms. The van der Waals surface area contributed by atoms with Gasteiger partial charge in [-0.1, -0.05) is 0 Å². The van der Waals surface area contributed by atoms with E-state index in [2.05, 4.69) is 14.9 Å². The maximum atomic E-state index is 10.7. The van der Waals surface area contributed by atoms with Gasteiger partial charge < -0.3 is 10.6 Å². The summed E-state index contributed by atoms with van der Waals surface area (Å²) >= 11 is 0. The molecule has 3 rings (SSSR count). The van der Waals surface area contributed by atoms with Gasteiger partial charge in [-0.25, -0.2) is 4.98 Å². The third-order valence-corrected chi connectivity index (χ3v) is 3.27. The molecule has 0 spiro atoms. The molecule has 1 fully saturated rings. The van der Waals surface area contributed by atoms with Crippen molar-refractivity contribution in [1.29, 1.82) is 0 Å². The second-order valence-electron chi connectivity index (χ2n) is 4.65. The molecule has 2 N–H and O–H groups in total. The Bertz CT molecular complexity index is 651. The fourth-order valence-electron chi connectivity index (χ4n) is 2.25. The number of nitrogens with two attached hydrogens (primary N) is 1. The highest BCUT2D eigenvalue weighted by Gasteiger charge is 2.20. The quantitative estimate of drug-likeness (QED) is 0.666. The first-order chi connectivity index (χ1) is 9.13. The van der Waals surface area contributed by atoms with E-state index in [1.807, 2.05) is 0 Å². The van der Waals surface area contributed by atoms with E-state index in [4.69, 9.17) is 5.73 Å². The van der Waals surface area contributed by atoms with E-state index < -0.39 is 4.92 Å². The zero-order valence-corrected chi connectivity index (χ0v) is 11.4. The van der Waals surface area contributed by atoms with Gasteiger partial charge in [0.15, 0.2) is 0 Å². The summed E-state index contributed by atoms with van der Waals surface area (Å²) in [7, 11) is 0. The highest BCUT2D eigenvalue weighted by atomic mass is 35.5. The fourth-order valence-corrected chi connectivity index (χ4v) is 2.25. The summed E-state index contributed by atoms with van der Waals surface area (Å²) in [4.78, 5) is 21.1. The summed E-state index contributed by atoms with van der Waals surface area (Å²) in [5, 5.41) is 10.7. The van der Waals surface area contributed by atoms with Gasteiger partial charge in [-0.05, 0) is 12.5 Å². The molecule has 0 bridgehead atoms. The SMILES string of the molecule is Cl.NC1CCN(c2cnc3cc([N+](=O)[O-])ccc3n2)C1. The average Bonchev–Trinajstić information content (AvgIpc) is 2.84. The Labute approximate surface area is 121 Å². The van der Waals surface area contributed by atoms with Gasteiger partial charge in [0.1, 0.15) is 5.82 Å². The van der Waals surface area contributed by atoms with Crippen LogP contribution in [0.4, 0.5) is 11.5 Å². The predicted molar refractivity (Wildman–Crippen MR) is 78.2 cm³/mol. The largest absolute Gasteiger partial charge is 0.354 e. The third-order valence-electron chi connectivity index (χ3n) is 3.27. The molecule has 1 atom stereocenters. The maximum absolute atomic E-state index is 10.7. The molecular weight excluding hydrogens is 282 g/mol. The summed E-state index contributed by atoms with van der Waals surface area (Å²) in [6.07, 6.45) is 2.59. The molecule has 2 heterocycles. The number of anilines is 1. The van der Waals surface area contributed by atoms with Crippen LogP contribution in [0.2, 0.25) is 0 Å². The van der Waals surface area contributed by atoms with Crippen LogP contribution in [0.5, 0.6) is 0 Å². The molecule has 2 aromatic rings. The van der Waals surface area contributed by atoms with E-state index in [1.165, 1.54) is 12.1 Å². The van der Waals surface area contributed by atoms with Crippen LogP contribution in [0.15, 0.2) is 24.4 Å². The third kappa shape index (κ3) is 2.63. The van der Waals surface area contributed by atoms with Gasteiger partial charge in [0.05, 0.1) is 22.2 Å². The van der Waals surface area contributed by atoms with Crippen molar-refractivity contribution in [3.8, 4) is 0 Å². The molecule has 1 aromatic heterocycles. The highest BCUT2D eigenvalue weighted by Crippen LogP contribution is 2.22. The zero-order valence-electron chi connectivity index (χ0n) is 10.6. The second kappa shape index (κ2) is 5.56. The normalized spacial score (nSPS) is 18.1. The van der Waals surface area contributed by atoms with Crippen molar-refractivity contribution in [3.63, 3.8) is 0 Å². The lowest BCUT2D eigenvalue weighted by Crippen LogP contribution is -2.26. The van der Waals surface area contributed by atoms with Gasteiger partial charge in [0, 0.05) is 31.3 Å². The summed E-state index contributed by atoms with van der Waals surface area (Å²) < 4.78 is 0. The summed E-state index contributed by atoms with van der Waals surface area (Å²) in [5.74, 6) is 0.773. The summed E-state index contributed by atoms with van der Waals surface area (Å²) in [6.45, 7) is 1.64. The lowest BCUT2D eigenvalue weighted by atomic mass is 10.2. The fraction of sp³-hybridized carbons (Fsp3) is 0.333. The number of rotatable bonds is 2. The molecule has 1 unspecified atom stereocenters. The molecule has 0 radical (unpaired) electrons. The molecule has 1 aliphatic heterocycles. The summed E-state index contributed by atoms with van der Waals surface area (Å²) in [5.41, 5.74) is 7.07. The number of fused-ring (bicyclic) bond motifs is 1. The topological polar surface area (TPSA) is 98.2 Å². The molecular formula is C12H14ClN5O2. The van der Waals surface area contributed by atoms with E-state index in [-0.39, 0.29) is 24.1 Å². The number of non-ortho nitro benzene ring substituents is 1. The number of nitro benzene ring substituents is 1. The van der Waals surface area contributed by atoms with Crippen molar-refractivity contribution in [3.05, 3.63) is 34.5 Å². The zero-order chi connectivity index (χ0) is 13.4. The number of nitro groups is 1. The Balaban J connectivity index is 0.00000147. The van der Waals surface area contributed by atoms with Gasteiger partial charge in [0.25, 0.3) is 5.69 Å².